The third kappa shape index (κ3) is 3.29. The summed E-state index contributed by atoms with van der Waals surface area (Å²) in [5.41, 5.74) is 0.684. The number of nitrogens with zero attached hydrogens (tertiary/aromatic N) is 1. The summed E-state index contributed by atoms with van der Waals surface area (Å²) in [6.45, 7) is 1.96. The maximum Gasteiger partial charge on any atom is 0.130 e. The number of hydrogen-bond acceptors (Lipinski definition) is 3. The molecule has 0 radical (unpaired) electrons. The van der Waals surface area contributed by atoms with Gasteiger partial charge in [0, 0.05) is 0 Å². The second-order valence-electron chi connectivity index (χ2n) is 4.56. The number of benzene rings is 1. The highest BCUT2D eigenvalue weighted by molar-refractivity contribution is 5.14. The Balaban J connectivity index is 1.83. The van der Waals surface area contributed by atoms with E-state index in [1.165, 1.54) is 0 Å². The van der Waals surface area contributed by atoms with E-state index in [9.17, 15) is 5.26 Å². The second kappa shape index (κ2) is 5.81. The molecule has 1 aliphatic heterocycles. The summed E-state index contributed by atoms with van der Waals surface area (Å²) >= 11 is 0. The van der Waals surface area contributed by atoms with Crippen molar-refractivity contribution in [3.63, 3.8) is 0 Å². The number of nitrogens with one attached hydrogen (secondary N) is 1. The van der Waals surface area contributed by atoms with Crippen LogP contribution in [-0.4, -0.2) is 18.7 Å². The lowest BCUT2D eigenvalue weighted by atomic mass is 9.91. The first-order valence-corrected chi connectivity index (χ1v) is 6.13. The van der Waals surface area contributed by atoms with Crippen molar-refractivity contribution in [2.24, 2.45) is 0 Å². The predicted octanol–water partition coefficient (Wildman–Crippen LogP) is 2.24. The van der Waals surface area contributed by atoms with E-state index in [1.807, 2.05) is 30.3 Å². The molecule has 1 atom stereocenters. The molecule has 0 saturated carbocycles. The summed E-state index contributed by atoms with van der Waals surface area (Å²) in [5, 5.41) is 12.5. The molecular weight excluding hydrogens is 212 g/mol. The van der Waals surface area contributed by atoms with Gasteiger partial charge in [0.25, 0.3) is 0 Å². The topological polar surface area (TPSA) is 45.0 Å². The zero-order valence-electron chi connectivity index (χ0n) is 9.98. The minimum absolute atomic E-state index is 0.465. The minimum atomic E-state index is -0.465. The van der Waals surface area contributed by atoms with Crippen LogP contribution in [0.1, 0.15) is 24.8 Å². The van der Waals surface area contributed by atoms with Gasteiger partial charge in [-0.25, -0.2) is 0 Å². The lowest BCUT2D eigenvalue weighted by molar-refractivity contribution is 0.0675. The zero-order valence-corrected chi connectivity index (χ0v) is 9.98. The van der Waals surface area contributed by atoms with Gasteiger partial charge in [-0.05, 0) is 31.4 Å². The second-order valence-corrected chi connectivity index (χ2v) is 4.56. The van der Waals surface area contributed by atoms with Gasteiger partial charge in [0.05, 0.1) is 19.3 Å². The molecule has 0 aromatic heterocycles. The van der Waals surface area contributed by atoms with Crippen LogP contribution < -0.4 is 5.32 Å². The summed E-state index contributed by atoms with van der Waals surface area (Å²) in [7, 11) is 0. The normalized spacial score (nSPS) is 24.2. The van der Waals surface area contributed by atoms with Crippen LogP contribution in [0.5, 0.6) is 0 Å². The van der Waals surface area contributed by atoms with Gasteiger partial charge in [-0.2, -0.15) is 5.26 Å². The molecular formula is C14H18N2O. The van der Waals surface area contributed by atoms with Crippen molar-refractivity contribution in [3.05, 3.63) is 35.9 Å². The Morgan fingerprint density at radius 3 is 2.76 bits per heavy atom. The lowest BCUT2D eigenvalue weighted by Gasteiger charge is -2.31. The highest BCUT2D eigenvalue weighted by Gasteiger charge is 2.31. The third-order valence-corrected chi connectivity index (χ3v) is 3.17. The first kappa shape index (κ1) is 12.1. The number of nitriles is 1. The maximum absolute atomic E-state index is 9.25. The van der Waals surface area contributed by atoms with Gasteiger partial charge < -0.3 is 4.74 Å². The molecule has 1 unspecified atom stereocenters. The maximum atomic E-state index is 9.25. The molecule has 0 bridgehead atoms. The molecule has 3 nitrogen and oxygen atoms in total. The molecule has 0 spiro atoms. The quantitative estimate of drug-likeness (QED) is 0.862. The summed E-state index contributed by atoms with van der Waals surface area (Å²) < 4.78 is 5.67. The van der Waals surface area contributed by atoms with Crippen LogP contribution in [0.2, 0.25) is 0 Å². The van der Waals surface area contributed by atoms with E-state index in [0.29, 0.717) is 13.2 Å². The highest BCUT2D eigenvalue weighted by atomic mass is 16.5. The summed E-state index contributed by atoms with van der Waals surface area (Å²) in [4.78, 5) is 0. The third-order valence-electron chi connectivity index (χ3n) is 3.17. The monoisotopic (exact) mass is 230 g/mol. The Morgan fingerprint density at radius 1 is 1.29 bits per heavy atom. The molecule has 1 fully saturated rings. The van der Waals surface area contributed by atoms with Crippen molar-refractivity contribution in [2.45, 2.75) is 31.4 Å². The molecule has 2 rings (SSSR count). The average molecular weight is 230 g/mol. The minimum Gasteiger partial charge on any atom is -0.374 e. The summed E-state index contributed by atoms with van der Waals surface area (Å²) in [6.07, 6.45) is 3.15. The molecule has 1 heterocycles. The van der Waals surface area contributed by atoms with Crippen LogP contribution in [0.4, 0.5) is 0 Å². The Morgan fingerprint density at radius 2 is 2.12 bits per heavy atom. The number of rotatable bonds is 4. The standard InChI is InChI=1S/C14H18N2O/c15-11-14(8-4-5-9-16-14)12-17-10-13-6-2-1-3-7-13/h1-3,6-7,16H,4-5,8-10,12H2. The molecule has 1 aromatic carbocycles. The van der Waals surface area contributed by atoms with Crippen molar-refractivity contribution < 1.29 is 4.74 Å². The van der Waals surface area contributed by atoms with Gasteiger partial charge in [-0.15, -0.1) is 0 Å². The Bertz CT molecular complexity index is 377. The first-order chi connectivity index (χ1) is 8.35. The molecule has 1 aliphatic rings. The Hall–Kier alpha value is -1.37. The van der Waals surface area contributed by atoms with E-state index in [-0.39, 0.29) is 0 Å². The van der Waals surface area contributed by atoms with Gasteiger partial charge in [0.2, 0.25) is 0 Å². The summed E-state index contributed by atoms with van der Waals surface area (Å²) in [6, 6.07) is 12.4. The van der Waals surface area contributed by atoms with Gasteiger partial charge >= 0.3 is 0 Å². The molecule has 0 aliphatic carbocycles. The highest BCUT2D eigenvalue weighted by Crippen LogP contribution is 2.19. The van der Waals surface area contributed by atoms with Crippen LogP contribution in [0.3, 0.4) is 0 Å². The van der Waals surface area contributed by atoms with Crippen LogP contribution in [0, 0.1) is 11.3 Å². The van der Waals surface area contributed by atoms with E-state index >= 15 is 0 Å². The predicted molar refractivity (Wildman–Crippen MR) is 66.3 cm³/mol. The van der Waals surface area contributed by atoms with E-state index in [0.717, 1.165) is 31.4 Å². The van der Waals surface area contributed by atoms with Crippen molar-refractivity contribution in [1.82, 2.24) is 5.32 Å². The average Bonchev–Trinajstić information content (AvgIpc) is 2.41. The van der Waals surface area contributed by atoms with E-state index in [4.69, 9.17) is 4.74 Å². The van der Waals surface area contributed by atoms with Crippen molar-refractivity contribution >= 4 is 0 Å². The molecule has 90 valence electrons. The largest absolute Gasteiger partial charge is 0.374 e. The molecule has 17 heavy (non-hydrogen) atoms. The van der Waals surface area contributed by atoms with Crippen LogP contribution >= 0.6 is 0 Å². The van der Waals surface area contributed by atoms with E-state index in [2.05, 4.69) is 11.4 Å². The van der Waals surface area contributed by atoms with Gasteiger partial charge in [-0.3, -0.25) is 5.32 Å². The fourth-order valence-corrected chi connectivity index (χ4v) is 2.14. The van der Waals surface area contributed by atoms with Crippen molar-refractivity contribution in [3.8, 4) is 6.07 Å². The number of hydrogen-bond donors (Lipinski definition) is 1. The van der Waals surface area contributed by atoms with E-state index in [1.54, 1.807) is 0 Å². The van der Waals surface area contributed by atoms with Crippen LogP contribution in [-0.2, 0) is 11.3 Å². The smallest absolute Gasteiger partial charge is 0.130 e. The number of piperidine rings is 1. The van der Waals surface area contributed by atoms with E-state index < -0.39 is 5.54 Å². The van der Waals surface area contributed by atoms with Gasteiger partial charge in [0.1, 0.15) is 5.54 Å². The van der Waals surface area contributed by atoms with Gasteiger partial charge in [0.15, 0.2) is 0 Å². The SMILES string of the molecule is N#CC1(COCc2ccccc2)CCCCN1. The van der Waals surface area contributed by atoms with Crippen molar-refractivity contribution in [2.75, 3.05) is 13.2 Å². The summed E-state index contributed by atoms with van der Waals surface area (Å²) in [5.74, 6) is 0. The fourth-order valence-electron chi connectivity index (χ4n) is 2.14. The molecule has 1 aromatic rings. The Kier molecular flexibility index (Phi) is 4.13. The van der Waals surface area contributed by atoms with Crippen LogP contribution in [0.25, 0.3) is 0 Å². The molecule has 0 amide bonds. The van der Waals surface area contributed by atoms with Crippen LogP contribution in [0.15, 0.2) is 30.3 Å². The van der Waals surface area contributed by atoms with Crippen molar-refractivity contribution in [1.29, 1.82) is 5.26 Å². The fraction of sp³-hybridized carbons (Fsp3) is 0.500. The molecule has 1 N–H and O–H groups in total. The first-order valence-electron chi connectivity index (χ1n) is 6.13. The zero-order chi connectivity index (χ0) is 12.0. The Labute approximate surface area is 102 Å². The molecule has 1 saturated heterocycles. The number of ether oxygens (including phenoxy) is 1. The molecule has 3 heteroatoms. The van der Waals surface area contributed by atoms with Gasteiger partial charge in [-0.1, -0.05) is 30.3 Å². The lowest BCUT2D eigenvalue weighted by Crippen LogP contribution is -2.50.